The van der Waals surface area contributed by atoms with Gasteiger partial charge in [-0.1, -0.05) is 6.07 Å². The Bertz CT molecular complexity index is 829. The number of nitrogens with one attached hydrogen (secondary N) is 1. The maximum absolute atomic E-state index is 12.7. The second-order valence-corrected chi connectivity index (χ2v) is 9.08. The van der Waals surface area contributed by atoms with Crippen LogP contribution in [0.3, 0.4) is 0 Å². The highest BCUT2D eigenvalue weighted by atomic mass is 32.2. The summed E-state index contributed by atoms with van der Waals surface area (Å²) in [5.41, 5.74) is -0.373. The van der Waals surface area contributed by atoms with Crippen molar-refractivity contribution < 1.29 is 18.3 Å². The van der Waals surface area contributed by atoms with Gasteiger partial charge in [-0.2, -0.15) is 0 Å². The van der Waals surface area contributed by atoms with Crippen LogP contribution in [0.4, 0.5) is 0 Å². The minimum atomic E-state index is -3.71. The van der Waals surface area contributed by atoms with Gasteiger partial charge >= 0.3 is 0 Å². The summed E-state index contributed by atoms with van der Waals surface area (Å²) in [5, 5.41) is 12.9. The molecule has 136 valence electrons. The van der Waals surface area contributed by atoms with Crippen LogP contribution in [0.1, 0.15) is 30.2 Å². The van der Waals surface area contributed by atoms with Gasteiger partial charge in [0.15, 0.2) is 0 Å². The van der Waals surface area contributed by atoms with Gasteiger partial charge in [-0.3, -0.25) is 0 Å². The Balaban J connectivity index is 1.78. The van der Waals surface area contributed by atoms with Crippen molar-refractivity contribution in [1.29, 1.82) is 0 Å². The van der Waals surface area contributed by atoms with Gasteiger partial charge in [-0.15, -0.1) is 11.3 Å². The Morgan fingerprint density at radius 1 is 1.36 bits per heavy atom. The fraction of sp³-hybridized carbons (Fsp3) is 0.444. The van der Waals surface area contributed by atoms with E-state index in [1.54, 1.807) is 12.1 Å². The van der Waals surface area contributed by atoms with Crippen molar-refractivity contribution in [2.24, 2.45) is 5.92 Å². The van der Waals surface area contributed by atoms with Gasteiger partial charge in [-0.25, -0.2) is 13.1 Å². The Labute approximate surface area is 152 Å². The minimum absolute atomic E-state index is 0.0211. The summed E-state index contributed by atoms with van der Waals surface area (Å²) >= 11 is 1.45. The molecule has 1 atom stereocenters. The lowest BCUT2D eigenvalue weighted by Crippen LogP contribution is -2.41. The van der Waals surface area contributed by atoms with Crippen LogP contribution in [-0.4, -0.2) is 26.7 Å². The summed E-state index contributed by atoms with van der Waals surface area (Å²) in [7, 11) is -3.71. The number of aryl methyl sites for hydroxylation is 1. The molecule has 3 rings (SSSR count). The highest BCUT2D eigenvalue weighted by Gasteiger charge is 2.46. The number of hydrogen-bond acceptors (Lipinski definition) is 5. The Morgan fingerprint density at radius 3 is 2.68 bits per heavy atom. The molecule has 2 aromatic rings. The third-order valence-electron chi connectivity index (χ3n) is 4.49. The van der Waals surface area contributed by atoms with Crippen molar-refractivity contribution >= 4 is 21.4 Å². The second kappa shape index (κ2) is 7.07. The predicted molar refractivity (Wildman–Crippen MR) is 98.5 cm³/mol. The Morgan fingerprint density at radius 2 is 2.12 bits per heavy atom. The molecule has 7 heteroatoms. The van der Waals surface area contributed by atoms with E-state index in [-0.39, 0.29) is 17.4 Å². The number of rotatable bonds is 8. The molecule has 2 N–H and O–H groups in total. The molecular weight excluding hydrogens is 358 g/mol. The normalized spacial score (nSPS) is 17.2. The van der Waals surface area contributed by atoms with E-state index < -0.39 is 15.6 Å². The lowest BCUT2D eigenvalue weighted by atomic mass is 9.96. The van der Waals surface area contributed by atoms with E-state index in [4.69, 9.17) is 4.74 Å². The standard InChI is InChI=1S/C18H23NO4S2/c1-3-23-16-9-8-15(11-13(16)2)25(21,22)19-12-18(20,14-6-7-14)17-5-4-10-24-17/h4-5,8-11,14,19-20H,3,6-7,12H2,1-2H3/t18-/m1/s1. The number of thiophene rings is 1. The monoisotopic (exact) mass is 381 g/mol. The van der Waals surface area contributed by atoms with Crippen molar-refractivity contribution in [3.8, 4) is 5.75 Å². The second-order valence-electron chi connectivity index (χ2n) is 6.36. The summed E-state index contributed by atoms with van der Waals surface area (Å²) in [6.45, 7) is 4.21. The number of sulfonamides is 1. The average molecular weight is 382 g/mol. The highest BCUT2D eigenvalue weighted by Crippen LogP contribution is 2.46. The summed E-state index contributed by atoms with van der Waals surface area (Å²) in [5.74, 6) is 0.783. The third-order valence-corrected chi connectivity index (χ3v) is 6.92. The molecule has 1 aliphatic rings. The lowest BCUT2D eigenvalue weighted by Gasteiger charge is -2.27. The van der Waals surface area contributed by atoms with Crippen molar-refractivity contribution in [3.05, 3.63) is 46.2 Å². The number of ether oxygens (including phenoxy) is 1. The van der Waals surface area contributed by atoms with Gasteiger partial charge in [0.05, 0.1) is 11.5 Å². The van der Waals surface area contributed by atoms with Crippen LogP contribution in [0.25, 0.3) is 0 Å². The van der Waals surface area contributed by atoms with Crippen molar-refractivity contribution in [2.45, 2.75) is 37.2 Å². The van der Waals surface area contributed by atoms with Crippen molar-refractivity contribution in [1.82, 2.24) is 4.72 Å². The molecular formula is C18H23NO4S2. The molecule has 0 amide bonds. The zero-order valence-corrected chi connectivity index (χ0v) is 16.0. The maximum atomic E-state index is 12.7. The summed E-state index contributed by atoms with van der Waals surface area (Å²) < 4.78 is 33.4. The largest absolute Gasteiger partial charge is 0.494 e. The molecule has 1 heterocycles. The lowest BCUT2D eigenvalue weighted by molar-refractivity contribution is 0.0222. The van der Waals surface area contributed by atoms with Gasteiger partial charge in [0.25, 0.3) is 0 Å². The van der Waals surface area contributed by atoms with E-state index in [0.717, 1.165) is 23.3 Å². The van der Waals surface area contributed by atoms with Crippen LogP contribution in [0, 0.1) is 12.8 Å². The van der Waals surface area contributed by atoms with Crippen molar-refractivity contribution in [3.63, 3.8) is 0 Å². The summed E-state index contributed by atoms with van der Waals surface area (Å²) in [6.07, 6.45) is 1.83. The first-order valence-corrected chi connectivity index (χ1v) is 10.7. The number of aliphatic hydroxyl groups is 1. The summed E-state index contributed by atoms with van der Waals surface area (Å²) in [4.78, 5) is 0.985. The molecule has 1 aromatic heterocycles. The van der Waals surface area contributed by atoms with E-state index in [1.165, 1.54) is 17.4 Å². The fourth-order valence-electron chi connectivity index (χ4n) is 2.91. The van der Waals surface area contributed by atoms with Crippen LogP contribution >= 0.6 is 11.3 Å². The van der Waals surface area contributed by atoms with Gasteiger partial charge < -0.3 is 9.84 Å². The van der Waals surface area contributed by atoms with Crippen LogP contribution in [0.5, 0.6) is 5.75 Å². The molecule has 0 bridgehead atoms. The molecule has 1 saturated carbocycles. The molecule has 25 heavy (non-hydrogen) atoms. The van der Waals surface area contributed by atoms with Crippen LogP contribution in [0.15, 0.2) is 40.6 Å². The molecule has 5 nitrogen and oxygen atoms in total. The van der Waals surface area contributed by atoms with Crippen molar-refractivity contribution in [2.75, 3.05) is 13.2 Å². The smallest absolute Gasteiger partial charge is 0.240 e. The molecule has 0 radical (unpaired) electrons. The SMILES string of the molecule is CCOc1ccc(S(=O)(=O)NC[C@](O)(c2cccs2)C2CC2)cc1C. The molecule has 0 saturated heterocycles. The molecule has 1 aromatic carbocycles. The average Bonchev–Trinajstić information content (AvgIpc) is 3.29. The van der Waals surface area contributed by atoms with E-state index >= 15 is 0 Å². The van der Waals surface area contributed by atoms with E-state index in [9.17, 15) is 13.5 Å². The Hall–Kier alpha value is -1.41. The van der Waals surface area contributed by atoms with Gasteiger partial charge in [0, 0.05) is 11.4 Å². The first-order chi connectivity index (χ1) is 11.9. The van der Waals surface area contributed by atoms with Crippen LogP contribution in [-0.2, 0) is 15.6 Å². The third kappa shape index (κ3) is 3.89. The first kappa shape index (κ1) is 18.4. The predicted octanol–water partition coefficient (Wildman–Crippen LogP) is 3.03. The van der Waals surface area contributed by atoms with E-state index in [0.29, 0.717) is 12.4 Å². The Kier molecular flexibility index (Phi) is 5.20. The number of hydrogen-bond donors (Lipinski definition) is 2. The van der Waals surface area contributed by atoms with Gasteiger partial charge in [0.2, 0.25) is 10.0 Å². The van der Waals surface area contributed by atoms with Gasteiger partial charge in [0.1, 0.15) is 11.4 Å². The fourth-order valence-corrected chi connectivity index (χ4v) is 4.97. The number of benzene rings is 1. The topological polar surface area (TPSA) is 75.6 Å². The minimum Gasteiger partial charge on any atom is -0.494 e. The molecule has 0 spiro atoms. The quantitative estimate of drug-likeness (QED) is 0.737. The molecule has 1 aliphatic carbocycles. The van der Waals surface area contributed by atoms with E-state index in [1.807, 2.05) is 31.4 Å². The zero-order chi connectivity index (χ0) is 18.1. The first-order valence-electron chi connectivity index (χ1n) is 8.36. The van der Waals surface area contributed by atoms with E-state index in [2.05, 4.69) is 4.72 Å². The maximum Gasteiger partial charge on any atom is 0.240 e. The molecule has 1 fully saturated rings. The van der Waals surface area contributed by atoms with Crippen LogP contribution < -0.4 is 9.46 Å². The highest BCUT2D eigenvalue weighted by molar-refractivity contribution is 7.89. The summed E-state index contributed by atoms with van der Waals surface area (Å²) in [6, 6.07) is 8.52. The van der Waals surface area contributed by atoms with Gasteiger partial charge in [-0.05, 0) is 67.8 Å². The molecule has 0 unspecified atom stereocenters. The van der Waals surface area contributed by atoms with Crippen LogP contribution in [0.2, 0.25) is 0 Å². The zero-order valence-electron chi connectivity index (χ0n) is 14.4. The molecule has 0 aliphatic heterocycles.